The lowest BCUT2D eigenvalue weighted by Gasteiger charge is -2.39. The zero-order chi connectivity index (χ0) is 15.3. The van der Waals surface area contributed by atoms with Crippen LogP contribution in [-0.2, 0) is 4.79 Å². The van der Waals surface area contributed by atoms with Crippen LogP contribution >= 0.6 is 0 Å². The topological polar surface area (TPSA) is 69.6 Å². The van der Waals surface area contributed by atoms with Crippen molar-refractivity contribution in [3.8, 4) is 0 Å². The first-order chi connectivity index (χ1) is 9.33. The highest BCUT2D eigenvalue weighted by Crippen LogP contribution is 2.33. The van der Waals surface area contributed by atoms with Crippen molar-refractivity contribution < 1.29 is 14.7 Å². The first-order valence-corrected chi connectivity index (χ1v) is 7.61. The molecule has 5 heteroatoms. The summed E-state index contributed by atoms with van der Waals surface area (Å²) < 4.78 is 0. The number of likely N-dealkylation sites (tertiary alicyclic amines) is 1. The summed E-state index contributed by atoms with van der Waals surface area (Å²) in [5.74, 6) is -1.02. The van der Waals surface area contributed by atoms with E-state index in [1.54, 1.807) is 4.90 Å². The summed E-state index contributed by atoms with van der Waals surface area (Å²) in [6.07, 6.45) is 3.81. The van der Waals surface area contributed by atoms with Gasteiger partial charge in [-0.25, -0.2) is 9.59 Å². The zero-order valence-electron chi connectivity index (χ0n) is 13.1. The highest BCUT2D eigenvalue weighted by molar-refractivity contribution is 5.82. The van der Waals surface area contributed by atoms with Gasteiger partial charge in [-0.3, -0.25) is 0 Å². The van der Waals surface area contributed by atoms with Crippen LogP contribution in [0.3, 0.4) is 0 Å². The minimum atomic E-state index is -0.955. The third kappa shape index (κ3) is 4.12. The van der Waals surface area contributed by atoms with E-state index in [0.29, 0.717) is 18.5 Å². The van der Waals surface area contributed by atoms with Gasteiger partial charge in [-0.1, -0.05) is 40.5 Å². The van der Waals surface area contributed by atoms with E-state index in [-0.39, 0.29) is 11.9 Å². The molecule has 0 spiro atoms. The Bertz CT molecular complexity index is 349. The van der Waals surface area contributed by atoms with Crippen LogP contribution in [0.4, 0.5) is 4.79 Å². The number of carbonyl (C=O) groups excluding carboxylic acids is 1. The summed E-state index contributed by atoms with van der Waals surface area (Å²) in [4.78, 5) is 25.2. The maximum Gasteiger partial charge on any atom is 0.326 e. The number of carbonyl (C=O) groups is 2. The molecule has 1 aliphatic heterocycles. The Morgan fingerprint density at radius 1 is 1.30 bits per heavy atom. The van der Waals surface area contributed by atoms with Gasteiger partial charge in [-0.2, -0.15) is 0 Å². The Morgan fingerprint density at radius 3 is 2.25 bits per heavy atom. The molecular formula is C15H28N2O3. The number of urea groups is 1. The third-order valence-electron chi connectivity index (χ3n) is 4.87. The van der Waals surface area contributed by atoms with Crippen molar-refractivity contribution >= 4 is 12.0 Å². The molecule has 0 aliphatic carbocycles. The molecule has 0 saturated carbocycles. The second-order valence-corrected chi connectivity index (χ2v) is 6.30. The third-order valence-corrected chi connectivity index (χ3v) is 4.87. The summed E-state index contributed by atoms with van der Waals surface area (Å²) >= 11 is 0. The maximum absolute atomic E-state index is 12.2. The fraction of sp³-hybridized carbons (Fsp3) is 0.867. The van der Waals surface area contributed by atoms with Gasteiger partial charge >= 0.3 is 12.0 Å². The van der Waals surface area contributed by atoms with E-state index in [2.05, 4.69) is 19.2 Å². The van der Waals surface area contributed by atoms with Crippen molar-refractivity contribution in [3.05, 3.63) is 0 Å². The molecule has 1 aliphatic rings. The largest absolute Gasteiger partial charge is 0.480 e. The maximum atomic E-state index is 12.2. The van der Waals surface area contributed by atoms with E-state index in [4.69, 9.17) is 0 Å². The minimum Gasteiger partial charge on any atom is -0.480 e. The van der Waals surface area contributed by atoms with E-state index in [1.165, 1.54) is 0 Å². The summed E-state index contributed by atoms with van der Waals surface area (Å²) in [6.45, 7) is 9.64. The fourth-order valence-electron chi connectivity index (χ4n) is 2.51. The molecule has 5 nitrogen and oxygen atoms in total. The predicted molar refractivity (Wildman–Crippen MR) is 78.6 cm³/mol. The van der Waals surface area contributed by atoms with Crippen LogP contribution in [0.1, 0.15) is 53.4 Å². The molecule has 2 N–H and O–H groups in total. The van der Waals surface area contributed by atoms with Crippen LogP contribution < -0.4 is 5.32 Å². The second kappa shape index (κ2) is 6.95. The van der Waals surface area contributed by atoms with Gasteiger partial charge in [-0.05, 0) is 24.2 Å². The quantitative estimate of drug-likeness (QED) is 0.815. The van der Waals surface area contributed by atoms with Crippen molar-refractivity contribution in [2.75, 3.05) is 13.1 Å². The molecule has 1 rings (SSSR count). The summed E-state index contributed by atoms with van der Waals surface area (Å²) in [5.41, 5.74) is 0.319. The Kier molecular flexibility index (Phi) is 5.84. The summed E-state index contributed by atoms with van der Waals surface area (Å²) in [6, 6.07) is -1.04. The van der Waals surface area contributed by atoms with Crippen LogP contribution in [-0.4, -0.2) is 41.1 Å². The number of nitrogens with zero attached hydrogens (tertiary/aromatic N) is 1. The Balaban J connectivity index is 2.56. The first-order valence-electron chi connectivity index (χ1n) is 7.61. The highest BCUT2D eigenvalue weighted by Gasteiger charge is 2.32. The van der Waals surface area contributed by atoms with Crippen molar-refractivity contribution in [1.82, 2.24) is 10.2 Å². The Labute approximate surface area is 121 Å². The molecule has 0 bridgehead atoms. The van der Waals surface area contributed by atoms with Crippen LogP contribution in [0, 0.1) is 11.3 Å². The summed E-state index contributed by atoms with van der Waals surface area (Å²) in [7, 11) is 0. The lowest BCUT2D eigenvalue weighted by atomic mass is 9.78. The average Bonchev–Trinajstić information content (AvgIpc) is 2.44. The van der Waals surface area contributed by atoms with Gasteiger partial charge in [0.1, 0.15) is 6.04 Å². The van der Waals surface area contributed by atoms with Crippen molar-refractivity contribution in [2.45, 2.75) is 59.4 Å². The van der Waals surface area contributed by atoms with Gasteiger partial charge in [0.05, 0.1) is 0 Å². The first kappa shape index (κ1) is 16.8. The standard InChI is InChI=1S/C15H28N2O3/c1-5-11(3)12(13(18)19)16-14(20)17-9-7-15(4,6-2)8-10-17/h11-12H,5-10H2,1-4H3,(H,16,20)(H,18,19)/t11-,12-/m0/s1. The number of piperidine rings is 1. The monoisotopic (exact) mass is 284 g/mol. The van der Waals surface area contributed by atoms with E-state index >= 15 is 0 Å². The highest BCUT2D eigenvalue weighted by atomic mass is 16.4. The molecule has 0 aromatic carbocycles. The van der Waals surface area contributed by atoms with Gasteiger partial charge in [-0.15, -0.1) is 0 Å². The van der Waals surface area contributed by atoms with E-state index in [1.807, 2.05) is 13.8 Å². The Hall–Kier alpha value is -1.26. The number of rotatable bonds is 5. The molecule has 0 aromatic rings. The average molecular weight is 284 g/mol. The van der Waals surface area contributed by atoms with Crippen LogP contribution in [0.2, 0.25) is 0 Å². The van der Waals surface area contributed by atoms with E-state index in [0.717, 1.165) is 25.7 Å². The molecule has 1 heterocycles. The number of nitrogens with one attached hydrogen (secondary N) is 1. The lowest BCUT2D eigenvalue weighted by molar-refractivity contribution is -0.140. The van der Waals surface area contributed by atoms with Gasteiger partial charge in [0, 0.05) is 13.1 Å². The van der Waals surface area contributed by atoms with E-state index in [9.17, 15) is 14.7 Å². The molecule has 0 unspecified atom stereocenters. The summed E-state index contributed by atoms with van der Waals surface area (Å²) in [5, 5.41) is 11.9. The molecule has 1 saturated heterocycles. The molecule has 2 amide bonds. The number of carboxylic acid groups (broad SMARTS) is 1. The number of hydrogen-bond donors (Lipinski definition) is 2. The normalized spacial score (nSPS) is 21.1. The second-order valence-electron chi connectivity index (χ2n) is 6.30. The number of hydrogen-bond acceptors (Lipinski definition) is 2. The van der Waals surface area contributed by atoms with Gasteiger partial charge in [0.2, 0.25) is 0 Å². The number of carboxylic acids is 1. The Morgan fingerprint density at radius 2 is 1.85 bits per heavy atom. The van der Waals surface area contributed by atoms with Gasteiger partial charge in [0.25, 0.3) is 0 Å². The lowest BCUT2D eigenvalue weighted by Crippen LogP contribution is -2.53. The number of amides is 2. The smallest absolute Gasteiger partial charge is 0.326 e. The van der Waals surface area contributed by atoms with Crippen LogP contribution in [0.5, 0.6) is 0 Å². The van der Waals surface area contributed by atoms with Crippen molar-refractivity contribution in [1.29, 1.82) is 0 Å². The van der Waals surface area contributed by atoms with Crippen LogP contribution in [0.15, 0.2) is 0 Å². The van der Waals surface area contributed by atoms with Gasteiger partial charge in [0.15, 0.2) is 0 Å². The molecular weight excluding hydrogens is 256 g/mol. The molecule has 1 fully saturated rings. The number of aliphatic carboxylic acids is 1. The molecule has 116 valence electrons. The van der Waals surface area contributed by atoms with Crippen molar-refractivity contribution in [3.63, 3.8) is 0 Å². The van der Waals surface area contributed by atoms with Crippen molar-refractivity contribution in [2.24, 2.45) is 11.3 Å². The predicted octanol–water partition coefficient (Wildman–Crippen LogP) is 2.71. The minimum absolute atomic E-state index is 0.0675. The molecule has 20 heavy (non-hydrogen) atoms. The molecule has 0 radical (unpaired) electrons. The molecule has 2 atom stereocenters. The molecule has 0 aromatic heterocycles. The van der Waals surface area contributed by atoms with Crippen LogP contribution in [0.25, 0.3) is 0 Å². The van der Waals surface area contributed by atoms with E-state index < -0.39 is 12.0 Å². The fourth-order valence-corrected chi connectivity index (χ4v) is 2.51. The SMILES string of the molecule is CC[C@H](C)[C@H](NC(=O)N1CCC(C)(CC)CC1)C(=O)O. The zero-order valence-corrected chi connectivity index (χ0v) is 13.1. The van der Waals surface area contributed by atoms with Gasteiger partial charge < -0.3 is 15.3 Å².